The van der Waals surface area contributed by atoms with Gasteiger partial charge in [0.25, 0.3) is 5.91 Å². The van der Waals surface area contributed by atoms with E-state index in [1.165, 1.54) is 44.1 Å². The summed E-state index contributed by atoms with van der Waals surface area (Å²) in [5.74, 6) is 3.43. The van der Waals surface area contributed by atoms with E-state index in [2.05, 4.69) is 41.7 Å². The lowest BCUT2D eigenvalue weighted by Crippen LogP contribution is -2.48. The number of fused-ring (bicyclic) bond motifs is 1. The van der Waals surface area contributed by atoms with Crippen LogP contribution in [0.1, 0.15) is 51.0 Å². The zero-order valence-corrected chi connectivity index (χ0v) is 18.7. The van der Waals surface area contributed by atoms with Crippen LogP contribution in [0.4, 0.5) is 5.69 Å². The minimum atomic E-state index is -0.580. The van der Waals surface area contributed by atoms with Crippen LogP contribution in [0.15, 0.2) is 66.7 Å². The Kier molecular flexibility index (Phi) is 4.74. The van der Waals surface area contributed by atoms with Gasteiger partial charge in [-0.1, -0.05) is 48.5 Å². The molecule has 3 aromatic carbocycles. The highest BCUT2D eigenvalue weighted by Gasteiger charge is 2.51. The van der Waals surface area contributed by atoms with Crippen molar-refractivity contribution in [1.82, 2.24) is 0 Å². The summed E-state index contributed by atoms with van der Waals surface area (Å²) < 4.78 is 6.04. The van der Waals surface area contributed by atoms with E-state index in [4.69, 9.17) is 4.74 Å². The SMILES string of the molecule is C[C@H](Oc1cccc2ccccc12)C(=O)Nc1ccc(C23CC4CC(CC(C4)C2)C3)cc1. The van der Waals surface area contributed by atoms with Crippen molar-refractivity contribution in [3.05, 3.63) is 72.3 Å². The van der Waals surface area contributed by atoms with Crippen LogP contribution >= 0.6 is 0 Å². The van der Waals surface area contributed by atoms with Crippen LogP contribution in [0.5, 0.6) is 5.75 Å². The molecule has 0 unspecified atom stereocenters. The van der Waals surface area contributed by atoms with Crippen molar-refractivity contribution in [3.63, 3.8) is 0 Å². The Balaban J connectivity index is 1.14. The molecule has 0 heterocycles. The van der Waals surface area contributed by atoms with Gasteiger partial charge in [-0.25, -0.2) is 0 Å². The van der Waals surface area contributed by atoms with E-state index in [-0.39, 0.29) is 5.91 Å². The molecule has 1 atom stereocenters. The van der Waals surface area contributed by atoms with Crippen LogP contribution in [-0.4, -0.2) is 12.0 Å². The summed E-state index contributed by atoms with van der Waals surface area (Å²) in [6.45, 7) is 1.81. The summed E-state index contributed by atoms with van der Waals surface area (Å²) in [6, 6.07) is 22.7. The van der Waals surface area contributed by atoms with Crippen molar-refractivity contribution in [2.75, 3.05) is 5.32 Å². The molecular weight excluding hydrogens is 394 g/mol. The molecule has 32 heavy (non-hydrogen) atoms. The largest absolute Gasteiger partial charge is 0.480 e. The number of hydrogen-bond acceptors (Lipinski definition) is 2. The molecule has 0 saturated heterocycles. The Labute approximate surface area is 190 Å². The second-order valence-electron chi connectivity index (χ2n) is 10.5. The first kappa shape index (κ1) is 19.8. The highest BCUT2D eigenvalue weighted by atomic mass is 16.5. The first-order valence-corrected chi connectivity index (χ1v) is 12.1. The van der Waals surface area contributed by atoms with Gasteiger partial charge in [0, 0.05) is 11.1 Å². The van der Waals surface area contributed by atoms with E-state index >= 15 is 0 Å². The zero-order valence-electron chi connectivity index (χ0n) is 18.7. The van der Waals surface area contributed by atoms with Gasteiger partial charge in [-0.3, -0.25) is 4.79 Å². The molecule has 4 saturated carbocycles. The predicted octanol–water partition coefficient (Wildman–Crippen LogP) is 6.71. The first-order chi connectivity index (χ1) is 15.6. The number of ether oxygens (including phenoxy) is 1. The maximum atomic E-state index is 12.8. The maximum absolute atomic E-state index is 12.8. The van der Waals surface area contributed by atoms with Gasteiger partial charge < -0.3 is 10.1 Å². The highest BCUT2D eigenvalue weighted by molar-refractivity contribution is 5.95. The Hall–Kier alpha value is -2.81. The topological polar surface area (TPSA) is 38.3 Å². The molecule has 0 radical (unpaired) electrons. The van der Waals surface area contributed by atoms with Crippen LogP contribution in [0.25, 0.3) is 10.8 Å². The fourth-order valence-electron chi connectivity index (χ4n) is 7.16. The Morgan fingerprint density at radius 3 is 2.19 bits per heavy atom. The van der Waals surface area contributed by atoms with Crippen LogP contribution in [-0.2, 0) is 10.2 Å². The van der Waals surface area contributed by atoms with Crippen LogP contribution in [0, 0.1) is 17.8 Å². The zero-order chi connectivity index (χ0) is 21.7. The first-order valence-electron chi connectivity index (χ1n) is 12.1. The number of amides is 1. The van der Waals surface area contributed by atoms with Gasteiger partial charge in [-0.15, -0.1) is 0 Å². The van der Waals surface area contributed by atoms with Gasteiger partial charge in [-0.2, -0.15) is 0 Å². The summed E-state index contributed by atoms with van der Waals surface area (Å²) in [4.78, 5) is 12.8. The third-order valence-electron chi connectivity index (χ3n) is 8.23. The lowest BCUT2D eigenvalue weighted by Gasteiger charge is -2.57. The van der Waals surface area contributed by atoms with Crippen molar-refractivity contribution in [1.29, 1.82) is 0 Å². The standard InChI is InChI=1S/C29H31NO2/c1-19(32-27-8-4-6-23-5-2-3-7-26(23)27)28(31)30-25-11-9-24(10-12-25)29-16-20-13-21(17-29)15-22(14-20)18-29/h2-12,19-22H,13-18H2,1H3,(H,30,31)/t19-,20?,21?,22?,29?/m0/s1. The molecule has 3 nitrogen and oxygen atoms in total. The van der Waals surface area contributed by atoms with Gasteiger partial charge >= 0.3 is 0 Å². The molecule has 4 bridgehead atoms. The van der Waals surface area contributed by atoms with E-state index in [9.17, 15) is 4.79 Å². The normalized spacial score (nSPS) is 29.1. The maximum Gasteiger partial charge on any atom is 0.265 e. The summed E-state index contributed by atoms with van der Waals surface area (Å²) in [5, 5.41) is 5.18. The lowest BCUT2D eigenvalue weighted by molar-refractivity contribution is -0.122. The molecule has 3 heteroatoms. The van der Waals surface area contributed by atoms with Crippen molar-refractivity contribution in [2.45, 2.75) is 57.0 Å². The van der Waals surface area contributed by atoms with E-state index in [0.717, 1.165) is 40.0 Å². The second kappa shape index (κ2) is 7.65. The average Bonchev–Trinajstić information content (AvgIpc) is 2.79. The molecule has 0 aliphatic heterocycles. The number of rotatable bonds is 5. The van der Waals surface area contributed by atoms with E-state index in [0.29, 0.717) is 5.41 Å². The Morgan fingerprint density at radius 2 is 1.50 bits per heavy atom. The van der Waals surface area contributed by atoms with Gasteiger partial charge in [0.05, 0.1) is 0 Å². The minimum Gasteiger partial charge on any atom is -0.480 e. The van der Waals surface area contributed by atoms with E-state index in [1.807, 2.05) is 30.3 Å². The lowest BCUT2D eigenvalue weighted by atomic mass is 9.48. The second-order valence-corrected chi connectivity index (χ2v) is 10.5. The van der Waals surface area contributed by atoms with Crippen molar-refractivity contribution < 1.29 is 9.53 Å². The van der Waals surface area contributed by atoms with Gasteiger partial charge in [0.1, 0.15) is 5.75 Å². The Bertz CT molecular complexity index is 1110. The third kappa shape index (κ3) is 3.48. The molecule has 4 aliphatic carbocycles. The summed E-state index contributed by atoms with van der Waals surface area (Å²) in [5.41, 5.74) is 2.72. The number of hydrogen-bond donors (Lipinski definition) is 1. The number of carbonyl (C=O) groups is 1. The quantitative estimate of drug-likeness (QED) is 0.493. The van der Waals surface area contributed by atoms with Gasteiger partial charge in [0.15, 0.2) is 6.10 Å². The smallest absolute Gasteiger partial charge is 0.265 e. The number of anilines is 1. The van der Waals surface area contributed by atoms with Crippen molar-refractivity contribution >= 4 is 22.4 Å². The van der Waals surface area contributed by atoms with Crippen LogP contribution in [0.2, 0.25) is 0 Å². The highest BCUT2D eigenvalue weighted by Crippen LogP contribution is 2.60. The molecule has 4 aliphatic rings. The fraction of sp³-hybridized carbons (Fsp3) is 0.414. The molecule has 0 spiro atoms. The van der Waals surface area contributed by atoms with Crippen molar-refractivity contribution in [3.8, 4) is 5.75 Å². The van der Waals surface area contributed by atoms with Gasteiger partial charge in [0.2, 0.25) is 0 Å². The molecule has 4 fully saturated rings. The summed E-state index contributed by atoms with van der Waals surface area (Å²) in [6.07, 6.45) is 7.89. The molecule has 1 N–H and O–H groups in total. The monoisotopic (exact) mass is 425 g/mol. The average molecular weight is 426 g/mol. The molecular formula is C29H31NO2. The van der Waals surface area contributed by atoms with E-state index in [1.54, 1.807) is 6.92 Å². The molecule has 1 amide bonds. The van der Waals surface area contributed by atoms with Crippen LogP contribution in [0.3, 0.4) is 0 Å². The van der Waals surface area contributed by atoms with Crippen molar-refractivity contribution in [2.24, 2.45) is 17.8 Å². The van der Waals surface area contributed by atoms with E-state index < -0.39 is 6.10 Å². The summed E-state index contributed by atoms with van der Waals surface area (Å²) in [7, 11) is 0. The van der Waals surface area contributed by atoms with Gasteiger partial charge in [-0.05, 0) is 97.8 Å². The molecule has 7 rings (SSSR count). The van der Waals surface area contributed by atoms with Crippen LogP contribution < -0.4 is 10.1 Å². The third-order valence-corrected chi connectivity index (χ3v) is 8.23. The molecule has 3 aromatic rings. The molecule has 164 valence electrons. The minimum absolute atomic E-state index is 0.125. The summed E-state index contributed by atoms with van der Waals surface area (Å²) >= 11 is 0. The predicted molar refractivity (Wildman–Crippen MR) is 129 cm³/mol. The number of carbonyl (C=O) groups excluding carboxylic acids is 1. The molecule has 0 aromatic heterocycles. The fourth-order valence-corrected chi connectivity index (χ4v) is 7.16. The number of nitrogens with one attached hydrogen (secondary N) is 1. The number of benzene rings is 3. The Morgan fingerprint density at radius 1 is 0.875 bits per heavy atom.